The lowest BCUT2D eigenvalue weighted by Gasteiger charge is -2.09. The van der Waals surface area contributed by atoms with Gasteiger partial charge >= 0.3 is 5.97 Å². The SMILES string of the molecule is CCS(=O)(=O)CCOc1ccc(Cl)cc1/C=C/C(=O)O. The maximum atomic E-state index is 11.4. The van der Waals surface area contributed by atoms with Crippen molar-refractivity contribution in [3.05, 3.63) is 34.9 Å². The van der Waals surface area contributed by atoms with Crippen molar-refractivity contribution in [1.29, 1.82) is 0 Å². The lowest BCUT2D eigenvalue weighted by molar-refractivity contribution is -0.131. The number of hydrogen-bond donors (Lipinski definition) is 1. The minimum atomic E-state index is -3.10. The molecule has 0 bridgehead atoms. The van der Waals surface area contributed by atoms with Crippen molar-refractivity contribution < 1.29 is 23.1 Å². The summed E-state index contributed by atoms with van der Waals surface area (Å²) in [5.74, 6) is -0.737. The third-order valence-corrected chi connectivity index (χ3v) is 4.37. The van der Waals surface area contributed by atoms with Crippen molar-refractivity contribution in [3.8, 4) is 5.75 Å². The Balaban J connectivity index is 2.81. The highest BCUT2D eigenvalue weighted by molar-refractivity contribution is 7.91. The van der Waals surface area contributed by atoms with E-state index in [0.717, 1.165) is 6.08 Å². The van der Waals surface area contributed by atoms with Gasteiger partial charge in [0.05, 0.1) is 5.75 Å². The Morgan fingerprint density at radius 3 is 2.75 bits per heavy atom. The second-order valence-electron chi connectivity index (χ2n) is 3.94. The minimum Gasteiger partial charge on any atom is -0.492 e. The fraction of sp³-hybridized carbons (Fsp3) is 0.308. The summed E-state index contributed by atoms with van der Waals surface area (Å²) in [6.07, 6.45) is 2.30. The quantitative estimate of drug-likeness (QED) is 0.780. The Morgan fingerprint density at radius 1 is 1.45 bits per heavy atom. The third-order valence-electron chi connectivity index (χ3n) is 2.47. The van der Waals surface area contributed by atoms with Crippen molar-refractivity contribution in [3.63, 3.8) is 0 Å². The van der Waals surface area contributed by atoms with Gasteiger partial charge in [-0.1, -0.05) is 18.5 Å². The van der Waals surface area contributed by atoms with Gasteiger partial charge in [0.2, 0.25) is 0 Å². The van der Waals surface area contributed by atoms with E-state index in [1.807, 2.05) is 0 Å². The molecule has 0 heterocycles. The number of carboxylic acids is 1. The number of ether oxygens (including phenoxy) is 1. The van der Waals surface area contributed by atoms with Crippen LogP contribution in [0.1, 0.15) is 12.5 Å². The lowest BCUT2D eigenvalue weighted by atomic mass is 10.2. The van der Waals surface area contributed by atoms with Crippen LogP contribution in [0.3, 0.4) is 0 Å². The highest BCUT2D eigenvalue weighted by Gasteiger charge is 2.09. The zero-order valence-electron chi connectivity index (χ0n) is 10.9. The van der Waals surface area contributed by atoms with Crippen LogP contribution >= 0.6 is 11.6 Å². The molecule has 0 aliphatic heterocycles. The Kier molecular flexibility index (Phi) is 6.04. The van der Waals surface area contributed by atoms with Crippen LogP contribution in [0.15, 0.2) is 24.3 Å². The highest BCUT2D eigenvalue weighted by Crippen LogP contribution is 2.24. The maximum Gasteiger partial charge on any atom is 0.328 e. The summed E-state index contributed by atoms with van der Waals surface area (Å²) in [7, 11) is -3.10. The Labute approximate surface area is 122 Å². The smallest absolute Gasteiger partial charge is 0.328 e. The molecule has 0 radical (unpaired) electrons. The van der Waals surface area contributed by atoms with Crippen LogP contribution in [0, 0.1) is 0 Å². The zero-order chi connectivity index (χ0) is 15.2. The Bertz CT molecular complexity index is 607. The number of benzene rings is 1. The van der Waals surface area contributed by atoms with E-state index in [2.05, 4.69) is 0 Å². The van der Waals surface area contributed by atoms with E-state index < -0.39 is 15.8 Å². The minimum absolute atomic E-state index is 0.00567. The molecule has 20 heavy (non-hydrogen) atoms. The van der Waals surface area contributed by atoms with Gasteiger partial charge in [-0.25, -0.2) is 13.2 Å². The van der Waals surface area contributed by atoms with Crippen molar-refractivity contribution in [2.45, 2.75) is 6.92 Å². The molecule has 0 aromatic heterocycles. The predicted molar refractivity (Wildman–Crippen MR) is 77.9 cm³/mol. The Hall–Kier alpha value is -1.53. The molecule has 1 aromatic carbocycles. The van der Waals surface area contributed by atoms with E-state index in [9.17, 15) is 13.2 Å². The van der Waals surface area contributed by atoms with Gasteiger partial charge in [0.25, 0.3) is 0 Å². The first-order chi connectivity index (χ1) is 9.34. The molecule has 0 fully saturated rings. The summed E-state index contributed by atoms with van der Waals surface area (Å²) in [4.78, 5) is 10.5. The highest BCUT2D eigenvalue weighted by atomic mass is 35.5. The average Bonchev–Trinajstić information content (AvgIpc) is 2.38. The maximum absolute atomic E-state index is 11.4. The van der Waals surface area contributed by atoms with Crippen LogP contribution in [0.2, 0.25) is 5.02 Å². The Morgan fingerprint density at radius 2 is 2.15 bits per heavy atom. The normalized spacial score (nSPS) is 11.7. The van der Waals surface area contributed by atoms with Crippen LogP contribution in [0.4, 0.5) is 0 Å². The average molecular weight is 319 g/mol. The first-order valence-electron chi connectivity index (χ1n) is 5.88. The number of aliphatic carboxylic acids is 1. The summed E-state index contributed by atoms with van der Waals surface area (Å²) in [5.41, 5.74) is 0.480. The van der Waals surface area contributed by atoms with Crippen LogP contribution < -0.4 is 4.74 Å². The second kappa shape index (κ2) is 7.31. The molecular formula is C13H15ClO5S. The van der Waals surface area contributed by atoms with Gasteiger partial charge < -0.3 is 9.84 Å². The second-order valence-corrected chi connectivity index (χ2v) is 6.85. The molecule has 0 atom stereocenters. The topological polar surface area (TPSA) is 80.7 Å². The van der Waals surface area contributed by atoms with E-state index in [-0.39, 0.29) is 18.1 Å². The van der Waals surface area contributed by atoms with Crippen LogP contribution in [-0.4, -0.2) is 37.6 Å². The molecule has 0 unspecified atom stereocenters. The van der Waals surface area contributed by atoms with Crippen LogP contribution in [-0.2, 0) is 14.6 Å². The molecule has 110 valence electrons. The van der Waals surface area contributed by atoms with Gasteiger partial charge in [-0.15, -0.1) is 0 Å². The number of rotatable bonds is 7. The standard InChI is InChI=1S/C13H15ClO5S/c1-2-20(17,18)8-7-19-12-5-4-11(14)9-10(12)3-6-13(15)16/h3-6,9H,2,7-8H2,1H3,(H,15,16)/b6-3+. The van der Waals surface area contributed by atoms with Gasteiger partial charge in [0.15, 0.2) is 9.84 Å². The summed E-state index contributed by atoms with van der Waals surface area (Å²) in [6.45, 7) is 1.57. The number of carbonyl (C=O) groups is 1. The molecule has 5 nitrogen and oxygen atoms in total. The van der Waals surface area contributed by atoms with Crippen molar-refractivity contribution in [2.24, 2.45) is 0 Å². The molecule has 0 aliphatic rings. The van der Waals surface area contributed by atoms with E-state index in [1.54, 1.807) is 25.1 Å². The number of carboxylic acid groups (broad SMARTS) is 1. The molecule has 1 aromatic rings. The first-order valence-corrected chi connectivity index (χ1v) is 8.08. The van der Waals surface area contributed by atoms with E-state index in [4.69, 9.17) is 21.4 Å². The van der Waals surface area contributed by atoms with Gasteiger partial charge in [-0.2, -0.15) is 0 Å². The molecule has 0 amide bonds. The summed E-state index contributed by atoms with van der Waals surface area (Å²) in [6, 6.07) is 4.70. The summed E-state index contributed by atoms with van der Waals surface area (Å²) < 4.78 is 28.1. The number of halogens is 1. The van der Waals surface area contributed by atoms with Gasteiger partial charge in [0.1, 0.15) is 12.4 Å². The van der Waals surface area contributed by atoms with Gasteiger partial charge in [0, 0.05) is 22.4 Å². The summed E-state index contributed by atoms with van der Waals surface area (Å²) in [5, 5.41) is 9.04. The van der Waals surface area contributed by atoms with Crippen molar-refractivity contribution in [2.75, 3.05) is 18.1 Å². The fourth-order valence-electron chi connectivity index (χ4n) is 1.37. The first kappa shape index (κ1) is 16.5. The predicted octanol–water partition coefficient (Wildman–Crippen LogP) is 2.25. The van der Waals surface area contributed by atoms with Gasteiger partial charge in [-0.05, 0) is 24.3 Å². The molecule has 1 rings (SSSR count). The van der Waals surface area contributed by atoms with E-state index in [1.165, 1.54) is 6.08 Å². The molecule has 0 aliphatic carbocycles. The van der Waals surface area contributed by atoms with Crippen LogP contribution in [0.5, 0.6) is 5.75 Å². The molecular weight excluding hydrogens is 304 g/mol. The third kappa shape index (κ3) is 5.63. The molecule has 0 saturated carbocycles. The summed E-state index contributed by atoms with van der Waals surface area (Å²) >= 11 is 5.83. The lowest BCUT2D eigenvalue weighted by Crippen LogP contribution is -2.15. The van der Waals surface area contributed by atoms with Crippen LogP contribution in [0.25, 0.3) is 6.08 Å². The van der Waals surface area contributed by atoms with E-state index in [0.29, 0.717) is 16.3 Å². The van der Waals surface area contributed by atoms with E-state index >= 15 is 0 Å². The molecule has 1 N–H and O–H groups in total. The fourth-order valence-corrected chi connectivity index (χ4v) is 2.17. The largest absolute Gasteiger partial charge is 0.492 e. The van der Waals surface area contributed by atoms with Crippen molar-refractivity contribution in [1.82, 2.24) is 0 Å². The van der Waals surface area contributed by atoms with Gasteiger partial charge in [-0.3, -0.25) is 0 Å². The number of hydrogen-bond acceptors (Lipinski definition) is 4. The van der Waals surface area contributed by atoms with Crippen molar-refractivity contribution >= 4 is 33.5 Å². The zero-order valence-corrected chi connectivity index (χ0v) is 12.4. The molecule has 7 heteroatoms. The molecule has 0 spiro atoms. The number of sulfone groups is 1. The molecule has 0 saturated heterocycles. The monoisotopic (exact) mass is 318 g/mol.